The quantitative estimate of drug-likeness (QED) is 0.568. The van der Waals surface area contributed by atoms with Crippen molar-refractivity contribution in [3.63, 3.8) is 0 Å². The minimum Gasteiger partial charge on any atom is -0.493 e. The van der Waals surface area contributed by atoms with Crippen LogP contribution in [0.2, 0.25) is 0 Å². The van der Waals surface area contributed by atoms with E-state index in [2.05, 4.69) is 29.4 Å². The van der Waals surface area contributed by atoms with Crippen molar-refractivity contribution in [1.29, 1.82) is 0 Å². The summed E-state index contributed by atoms with van der Waals surface area (Å²) >= 11 is 1.67. The number of benzene rings is 2. The van der Waals surface area contributed by atoms with E-state index in [1.807, 2.05) is 36.4 Å². The summed E-state index contributed by atoms with van der Waals surface area (Å²) < 4.78 is 11.4. The number of carbonyl (C=O) groups is 1. The minimum absolute atomic E-state index is 0.00516. The smallest absolute Gasteiger partial charge is 0.225 e. The van der Waals surface area contributed by atoms with Crippen LogP contribution in [0, 0.1) is 0 Å². The molecule has 3 aromatic rings. The average molecular weight is 391 g/mol. The summed E-state index contributed by atoms with van der Waals surface area (Å²) in [4.78, 5) is 13.7. The summed E-state index contributed by atoms with van der Waals surface area (Å²) in [5.41, 5.74) is 4.00. The van der Waals surface area contributed by atoms with Crippen LogP contribution in [-0.4, -0.2) is 19.6 Å². The number of amides is 1. The maximum Gasteiger partial charge on any atom is 0.225 e. The summed E-state index contributed by atoms with van der Waals surface area (Å²) in [6.45, 7) is 4.10. The lowest BCUT2D eigenvalue weighted by Gasteiger charge is -2.26. The summed E-state index contributed by atoms with van der Waals surface area (Å²) in [6, 6.07) is 15.9. The molecule has 0 fully saturated rings. The number of carbonyl (C=O) groups excluding carboxylic acids is 1. The zero-order valence-corrected chi connectivity index (χ0v) is 16.4. The predicted molar refractivity (Wildman–Crippen MR) is 114 cm³/mol. The van der Waals surface area contributed by atoms with Gasteiger partial charge >= 0.3 is 0 Å². The van der Waals surface area contributed by atoms with Crippen molar-refractivity contribution in [2.24, 2.45) is 0 Å². The molecule has 5 heteroatoms. The van der Waals surface area contributed by atoms with Gasteiger partial charge in [0, 0.05) is 33.7 Å². The molecule has 2 aromatic carbocycles. The second-order valence-corrected chi connectivity index (χ2v) is 7.45. The van der Waals surface area contributed by atoms with Gasteiger partial charge in [-0.3, -0.25) is 4.79 Å². The van der Waals surface area contributed by atoms with Gasteiger partial charge in [-0.25, -0.2) is 0 Å². The van der Waals surface area contributed by atoms with Gasteiger partial charge in [-0.1, -0.05) is 55.1 Å². The molecule has 1 aliphatic heterocycles. The molecule has 1 N–H and O–H groups in total. The maximum absolute atomic E-state index is 12.6. The van der Waals surface area contributed by atoms with E-state index in [1.54, 1.807) is 24.5 Å². The van der Waals surface area contributed by atoms with Crippen LogP contribution in [-0.2, 0) is 4.79 Å². The van der Waals surface area contributed by atoms with Crippen molar-refractivity contribution in [3.05, 3.63) is 77.0 Å². The molecule has 4 nitrogen and oxygen atoms in total. The number of anilines is 1. The molecule has 142 valence electrons. The Kier molecular flexibility index (Phi) is 5.17. The van der Waals surface area contributed by atoms with Gasteiger partial charge in [0.05, 0.1) is 12.8 Å². The summed E-state index contributed by atoms with van der Waals surface area (Å²) in [5, 5.41) is 5.20. The highest BCUT2D eigenvalue weighted by molar-refractivity contribution is 7.11. The van der Waals surface area contributed by atoms with Crippen LogP contribution < -0.4 is 14.8 Å². The summed E-state index contributed by atoms with van der Waals surface area (Å²) in [6.07, 6.45) is 2.08. The molecule has 2 heterocycles. The molecule has 0 radical (unpaired) electrons. The number of nitrogens with one attached hydrogen (secondary N) is 1. The van der Waals surface area contributed by atoms with Crippen LogP contribution in [0.3, 0.4) is 0 Å². The zero-order chi connectivity index (χ0) is 19.5. The first-order valence-electron chi connectivity index (χ1n) is 9.10. The van der Waals surface area contributed by atoms with Crippen molar-refractivity contribution >= 4 is 22.9 Å². The molecule has 0 aliphatic carbocycles. The molecule has 28 heavy (non-hydrogen) atoms. The second-order valence-electron chi connectivity index (χ2n) is 6.54. The maximum atomic E-state index is 12.6. The van der Waals surface area contributed by atoms with Gasteiger partial charge in [0.1, 0.15) is 6.61 Å². The van der Waals surface area contributed by atoms with E-state index >= 15 is 0 Å². The van der Waals surface area contributed by atoms with E-state index < -0.39 is 0 Å². The van der Waals surface area contributed by atoms with Crippen LogP contribution in [0.15, 0.2) is 66.6 Å². The van der Waals surface area contributed by atoms with E-state index in [-0.39, 0.29) is 11.8 Å². The fourth-order valence-corrected chi connectivity index (χ4v) is 4.72. The number of para-hydroxylation sites is 1. The summed E-state index contributed by atoms with van der Waals surface area (Å²) in [7, 11) is 1.62. The fraction of sp³-hybridized carbons (Fsp3) is 0.174. The average Bonchev–Trinajstić information content (AvgIpc) is 3.15. The van der Waals surface area contributed by atoms with E-state index in [0.717, 1.165) is 27.3 Å². The lowest BCUT2D eigenvalue weighted by molar-refractivity contribution is -0.116. The first kappa shape index (κ1) is 18.3. The Bertz CT molecular complexity index is 1010. The van der Waals surface area contributed by atoms with Crippen molar-refractivity contribution in [3.8, 4) is 22.6 Å². The van der Waals surface area contributed by atoms with Crippen molar-refractivity contribution in [1.82, 2.24) is 0 Å². The third-order valence-electron chi connectivity index (χ3n) is 4.82. The minimum atomic E-state index is -0.0823. The second kappa shape index (κ2) is 7.90. The van der Waals surface area contributed by atoms with Crippen molar-refractivity contribution in [2.75, 3.05) is 19.0 Å². The fourth-order valence-electron chi connectivity index (χ4n) is 3.57. The van der Waals surface area contributed by atoms with Crippen molar-refractivity contribution in [2.45, 2.75) is 12.3 Å². The first-order valence-corrected chi connectivity index (χ1v) is 9.98. The highest BCUT2D eigenvalue weighted by Crippen LogP contribution is 2.49. The predicted octanol–water partition coefficient (Wildman–Crippen LogP) is 5.46. The Balaban J connectivity index is 1.83. The highest BCUT2D eigenvalue weighted by Gasteiger charge is 2.33. The molecule has 1 aromatic heterocycles. The number of thiophene rings is 1. The van der Waals surface area contributed by atoms with Crippen LogP contribution in [0.25, 0.3) is 11.1 Å². The molecular weight excluding hydrogens is 370 g/mol. The molecule has 0 bridgehead atoms. The molecule has 0 spiro atoms. The highest BCUT2D eigenvalue weighted by atomic mass is 32.1. The van der Waals surface area contributed by atoms with Gasteiger partial charge in [0.25, 0.3) is 0 Å². The Hall–Kier alpha value is -3.05. The topological polar surface area (TPSA) is 47.6 Å². The normalized spacial score (nSPS) is 15.5. The third kappa shape index (κ3) is 3.29. The van der Waals surface area contributed by atoms with E-state index in [1.165, 1.54) is 0 Å². The van der Waals surface area contributed by atoms with Crippen molar-refractivity contribution < 1.29 is 14.3 Å². The number of hydrogen-bond acceptors (Lipinski definition) is 4. The lowest BCUT2D eigenvalue weighted by Crippen LogP contribution is -2.23. The SMILES string of the molecule is C=CCOc1c(OC)cccc1C1CC(=O)Nc2c(-c3ccccc3)csc21. The third-order valence-corrected chi connectivity index (χ3v) is 5.92. The van der Waals surface area contributed by atoms with E-state index in [9.17, 15) is 4.79 Å². The lowest BCUT2D eigenvalue weighted by atomic mass is 9.88. The Morgan fingerprint density at radius 3 is 2.79 bits per heavy atom. The van der Waals surface area contributed by atoms with Gasteiger partial charge in [0.2, 0.25) is 5.91 Å². The Morgan fingerprint density at radius 2 is 2.04 bits per heavy atom. The van der Waals surface area contributed by atoms with Gasteiger partial charge < -0.3 is 14.8 Å². The molecule has 0 saturated carbocycles. The molecule has 1 atom stereocenters. The summed E-state index contributed by atoms with van der Waals surface area (Å²) in [5.74, 6) is 1.25. The van der Waals surface area contributed by atoms with Gasteiger partial charge in [-0.05, 0) is 11.6 Å². The number of fused-ring (bicyclic) bond motifs is 1. The van der Waals surface area contributed by atoms with Crippen LogP contribution in [0.1, 0.15) is 22.8 Å². The standard InChI is InChI=1S/C23H21NO3S/c1-3-12-27-22-16(10-7-11-19(22)26-2)17-13-20(25)24-21-18(14-28-23(17)21)15-8-5-4-6-9-15/h3-11,14,17H,1,12-13H2,2H3,(H,24,25). The monoisotopic (exact) mass is 391 g/mol. The van der Waals surface area contributed by atoms with Crippen LogP contribution >= 0.6 is 11.3 Å². The van der Waals surface area contributed by atoms with Gasteiger partial charge in [-0.2, -0.15) is 0 Å². The zero-order valence-electron chi connectivity index (χ0n) is 15.6. The number of rotatable bonds is 6. The van der Waals surface area contributed by atoms with Crippen LogP contribution in [0.4, 0.5) is 5.69 Å². The molecule has 4 rings (SSSR count). The number of ether oxygens (including phenoxy) is 2. The van der Waals surface area contributed by atoms with Gasteiger partial charge in [0.15, 0.2) is 11.5 Å². The Labute approximate surface area is 168 Å². The molecule has 0 saturated heterocycles. The first-order chi connectivity index (χ1) is 13.7. The van der Waals surface area contributed by atoms with Gasteiger partial charge in [-0.15, -0.1) is 11.3 Å². The van der Waals surface area contributed by atoms with Crippen LogP contribution in [0.5, 0.6) is 11.5 Å². The Morgan fingerprint density at radius 1 is 1.21 bits per heavy atom. The number of hydrogen-bond donors (Lipinski definition) is 1. The molecule has 1 aliphatic rings. The number of methoxy groups -OCH3 is 1. The molecule has 1 unspecified atom stereocenters. The van der Waals surface area contributed by atoms with E-state index in [0.29, 0.717) is 24.5 Å². The van der Waals surface area contributed by atoms with E-state index in [4.69, 9.17) is 9.47 Å². The molecular formula is C23H21NO3S. The largest absolute Gasteiger partial charge is 0.493 e. The molecule has 1 amide bonds.